The quantitative estimate of drug-likeness (QED) is 0.423. The zero-order valence-electron chi connectivity index (χ0n) is 17.4. The molecule has 0 saturated heterocycles. The van der Waals surface area contributed by atoms with Crippen LogP contribution in [0.25, 0.3) is 0 Å². The van der Waals surface area contributed by atoms with Crippen LogP contribution in [0.5, 0.6) is 5.75 Å². The summed E-state index contributed by atoms with van der Waals surface area (Å²) in [6.45, 7) is 1.71. The highest BCUT2D eigenvalue weighted by Crippen LogP contribution is 2.20. The van der Waals surface area contributed by atoms with Crippen molar-refractivity contribution in [3.05, 3.63) is 89.5 Å². The van der Waals surface area contributed by atoms with Gasteiger partial charge in [0.1, 0.15) is 5.75 Å². The first-order valence-electron chi connectivity index (χ1n) is 9.44. The van der Waals surface area contributed by atoms with Crippen molar-refractivity contribution >= 4 is 27.3 Å². The third-order valence-electron chi connectivity index (χ3n) is 4.51. The molecule has 0 saturated carbocycles. The van der Waals surface area contributed by atoms with E-state index in [1.165, 1.54) is 31.4 Å². The summed E-state index contributed by atoms with van der Waals surface area (Å²) in [6, 6.07) is 20.9. The van der Waals surface area contributed by atoms with Gasteiger partial charge in [-0.05, 0) is 67.1 Å². The average molecular weight is 449 g/mol. The van der Waals surface area contributed by atoms with Crippen LogP contribution in [-0.2, 0) is 10.0 Å². The van der Waals surface area contributed by atoms with Crippen molar-refractivity contribution in [2.75, 3.05) is 11.8 Å². The van der Waals surface area contributed by atoms with Gasteiger partial charge in [0.2, 0.25) is 0 Å². The number of nitrogens with one attached hydrogen (secondary N) is 2. The van der Waals surface area contributed by atoms with E-state index < -0.39 is 15.9 Å². The van der Waals surface area contributed by atoms with Crippen LogP contribution in [-0.4, -0.2) is 27.1 Å². The molecule has 3 aromatic carbocycles. The number of nitrogens with zero attached hydrogens (tertiary/aromatic N) is 2. The van der Waals surface area contributed by atoms with E-state index in [1.54, 1.807) is 55.5 Å². The second kappa shape index (κ2) is 9.76. The van der Waals surface area contributed by atoms with Gasteiger partial charge in [-0.3, -0.25) is 9.52 Å². The number of anilines is 1. The Morgan fingerprint density at radius 2 is 1.69 bits per heavy atom. The Balaban J connectivity index is 1.73. The predicted molar refractivity (Wildman–Crippen MR) is 121 cm³/mol. The molecule has 9 heteroatoms. The molecule has 1 amide bonds. The summed E-state index contributed by atoms with van der Waals surface area (Å²) in [7, 11) is -2.38. The lowest BCUT2D eigenvalue weighted by atomic mass is 10.1. The molecule has 0 unspecified atom stereocenters. The number of rotatable bonds is 7. The minimum absolute atomic E-state index is 0.0613. The lowest BCUT2D eigenvalue weighted by Gasteiger charge is -2.10. The Morgan fingerprint density at radius 3 is 2.31 bits per heavy atom. The molecule has 0 fully saturated rings. The van der Waals surface area contributed by atoms with Gasteiger partial charge in [-0.25, -0.2) is 13.8 Å². The SMILES string of the molecule is COc1ccc(NS(=O)(=O)c2cccc(C(=O)NN=C(C)c3ccc(C#N)cc3)c2)cc1. The standard InChI is InChI=1S/C23H20N4O4S/c1-16(18-8-6-17(15-24)7-9-18)25-26-23(28)19-4-3-5-22(14-19)32(29,30)27-20-10-12-21(31-2)13-11-20/h3-14,27H,1-2H3,(H,26,28). The maximum absolute atomic E-state index is 12.7. The first-order valence-corrected chi connectivity index (χ1v) is 10.9. The summed E-state index contributed by atoms with van der Waals surface area (Å²) in [4.78, 5) is 12.4. The monoisotopic (exact) mass is 448 g/mol. The van der Waals surface area contributed by atoms with Crippen LogP contribution in [0.2, 0.25) is 0 Å². The molecular formula is C23H20N4O4S. The van der Waals surface area contributed by atoms with E-state index in [2.05, 4.69) is 15.2 Å². The van der Waals surface area contributed by atoms with Crippen molar-refractivity contribution in [3.63, 3.8) is 0 Å². The van der Waals surface area contributed by atoms with Crippen molar-refractivity contribution in [2.24, 2.45) is 5.10 Å². The largest absolute Gasteiger partial charge is 0.497 e. The Labute approximate surface area is 186 Å². The lowest BCUT2D eigenvalue weighted by Crippen LogP contribution is -2.20. The number of ether oxygens (including phenoxy) is 1. The highest BCUT2D eigenvalue weighted by atomic mass is 32.2. The number of nitriles is 1. The molecule has 0 aliphatic heterocycles. The Bertz CT molecular complexity index is 1290. The van der Waals surface area contributed by atoms with Crippen molar-refractivity contribution in [2.45, 2.75) is 11.8 Å². The fraction of sp³-hybridized carbons (Fsp3) is 0.0870. The molecule has 8 nitrogen and oxygen atoms in total. The summed E-state index contributed by atoms with van der Waals surface area (Å²) in [5, 5.41) is 12.9. The Hall–Kier alpha value is -4.16. The molecule has 0 bridgehead atoms. The van der Waals surface area contributed by atoms with Crippen LogP contribution in [0.15, 0.2) is 82.8 Å². The maximum Gasteiger partial charge on any atom is 0.271 e. The van der Waals surface area contributed by atoms with Crippen LogP contribution in [0.1, 0.15) is 28.4 Å². The zero-order chi connectivity index (χ0) is 23.1. The van der Waals surface area contributed by atoms with E-state index in [0.717, 1.165) is 5.56 Å². The van der Waals surface area contributed by atoms with Gasteiger partial charge in [0.25, 0.3) is 15.9 Å². The van der Waals surface area contributed by atoms with Gasteiger partial charge in [0.05, 0.1) is 29.3 Å². The Kier molecular flexibility index (Phi) is 6.87. The molecular weight excluding hydrogens is 428 g/mol. The molecule has 3 aromatic rings. The smallest absolute Gasteiger partial charge is 0.271 e. The third-order valence-corrected chi connectivity index (χ3v) is 5.88. The number of carbonyl (C=O) groups is 1. The van der Waals surface area contributed by atoms with Gasteiger partial charge in [-0.15, -0.1) is 0 Å². The molecule has 0 radical (unpaired) electrons. The molecule has 32 heavy (non-hydrogen) atoms. The van der Waals surface area contributed by atoms with E-state index >= 15 is 0 Å². The second-order valence-corrected chi connectivity index (χ2v) is 8.37. The summed E-state index contributed by atoms with van der Waals surface area (Å²) in [6.07, 6.45) is 0. The topological polar surface area (TPSA) is 121 Å². The van der Waals surface area contributed by atoms with E-state index in [-0.39, 0.29) is 10.5 Å². The van der Waals surface area contributed by atoms with Crippen LogP contribution >= 0.6 is 0 Å². The maximum atomic E-state index is 12.7. The predicted octanol–water partition coefficient (Wildman–Crippen LogP) is 3.52. The van der Waals surface area contributed by atoms with Crippen molar-refractivity contribution in [1.29, 1.82) is 5.26 Å². The first kappa shape index (κ1) is 22.5. The average Bonchev–Trinajstić information content (AvgIpc) is 2.82. The van der Waals surface area contributed by atoms with Crippen LogP contribution in [0.3, 0.4) is 0 Å². The molecule has 0 aromatic heterocycles. The van der Waals surface area contributed by atoms with E-state index in [1.807, 2.05) is 6.07 Å². The van der Waals surface area contributed by atoms with E-state index in [0.29, 0.717) is 22.7 Å². The molecule has 3 rings (SSSR count). The molecule has 162 valence electrons. The normalized spacial score (nSPS) is 11.3. The Morgan fingerprint density at radius 1 is 1.00 bits per heavy atom. The highest BCUT2D eigenvalue weighted by molar-refractivity contribution is 7.92. The molecule has 2 N–H and O–H groups in total. The summed E-state index contributed by atoms with van der Waals surface area (Å²) in [5.74, 6) is 0.0444. The summed E-state index contributed by atoms with van der Waals surface area (Å²) in [5.41, 5.74) is 4.72. The molecule has 0 aliphatic carbocycles. The van der Waals surface area contributed by atoms with Gasteiger partial charge in [0, 0.05) is 11.3 Å². The number of methoxy groups -OCH3 is 1. The number of hydrogen-bond donors (Lipinski definition) is 2. The second-order valence-electron chi connectivity index (χ2n) is 6.69. The minimum Gasteiger partial charge on any atom is -0.497 e. The number of amides is 1. The molecule has 0 heterocycles. The molecule has 0 spiro atoms. The van der Waals surface area contributed by atoms with Crippen molar-refractivity contribution < 1.29 is 17.9 Å². The van der Waals surface area contributed by atoms with Crippen LogP contribution in [0, 0.1) is 11.3 Å². The first-order chi connectivity index (χ1) is 15.3. The summed E-state index contributed by atoms with van der Waals surface area (Å²) < 4.78 is 32.9. The summed E-state index contributed by atoms with van der Waals surface area (Å²) >= 11 is 0. The van der Waals surface area contributed by atoms with Gasteiger partial charge in [0.15, 0.2) is 0 Å². The third kappa shape index (κ3) is 5.50. The van der Waals surface area contributed by atoms with E-state index in [9.17, 15) is 13.2 Å². The van der Waals surface area contributed by atoms with Gasteiger partial charge in [-0.1, -0.05) is 18.2 Å². The number of benzene rings is 3. The van der Waals surface area contributed by atoms with Crippen molar-refractivity contribution in [3.8, 4) is 11.8 Å². The van der Waals surface area contributed by atoms with Crippen LogP contribution < -0.4 is 14.9 Å². The molecule has 0 atom stereocenters. The van der Waals surface area contributed by atoms with Gasteiger partial charge < -0.3 is 4.74 Å². The number of hydrogen-bond acceptors (Lipinski definition) is 6. The van der Waals surface area contributed by atoms with Crippen molar-refractivity contribution in [1.82, 2.24) is 5.43 Å². The van der Waals surface area contributed by atoms with Gasteiger partial charge in [-0.2, -0.15) is 10.4 Å². The zero-order valence-corrected chi connectivity index (χ0v) is 18.2. The fourth-order valence-electron chi connectivity index (χ4n) is 2.73. The number of carbonyl (C=O) groups excluding carboxylic acids is 1. The lowest BCUT2D eigenvalue weighted by molar-refractivity contribution is 0.0954. The highest BCUT2D eigenvalue weighted by Gasteiger charge is 2.16. The minimum atomic E-state index is -3.90. The number of sulfonamides is 1. The fourth-order valence-corrected chi connectivity index (χ4v) is 3.83. The number of hydrazone groups is 1. The molecule has 0 aliphatic rings. The van der Waals surface area contributed by atoms with Crippen LogP contribution in [0.4, 0.5) is 5.69 Å². The van der Waals surface area contributed by atoms with E-state index in [4.69, 9.17) is 10.00 Å². The van der Waals surface area contributed by atoms with Gasteiger partial charge >= 0.3 is 0 Å².